The second kappa shape index (κ2) is 9.00. The van der Waals surface area contributed by atoms with E-state index in [1.807, 2.05) is 54.8 Å². The molecule has 5 nitrogen and oxygen atoms in total. The number of halogens is 1. The van der Waals surface area contributed by atoms with E-state index in [1.54, 1.807) is 13.3 Å². The number of hydrazone groups is 1. The van der Waals surface area contributed by atoms with Gasteiger partial charge in [0.15, 0.2) is 11.5 Å². The first-order valence-corrected chi connectivity index (χ1v) is 9.97. The number of hydrogen-bond acceptors (Lipinski definition) is 6. The van der Waals surface area contributed by atoms with Crippen molar-refractivity contribution in [2.24, 2.45) is 5.10 Å². The molecular formula is C19H18IN3O2S. The molecule has 0 aliphatic carbocycles. The smallest absolute Gasteiger partial charge is 0.203 e. The summed E-state index contributed by atoms with van der Waals surface area (Å²) in [6.07, 6.45) is 1.74. The van der Waals surface area contributed by atoms with Crippen molar-refractivity contribution in [1.29, 1.82) is 0 Å². The molecule has 26 heavy (non-hydrogen) atoms. The molecule has 3 aromatic rings. The highest BCUT2D eigenvalue weighted by Crippen LogP contribution is 2.33. The summed E-state index contributed by atoms with van der Waals surface area (Å²) in [7, 11) is 1.64. The Morgan fingerprint density at radius 3 is 2.81 bits per heavy atom. The zero-order chi connectivity index (χ0) is 18.4. The van der Waals surface area contributed by atoms with Crippen LogP contribution < -0.4 is 14.9 Å². The molecule has 0 saturated heterocycles. The van der Waals surface area contributed by atoms with Crippen molar-refractivity contribution in [3.8, 4) is 22.8 Å². The molecule has 0 bridgehead atoms. The highest BCUT2D eigenvalue weighted by atomic mass is 127. The Bertz CT molecular complexity index is 897. The predicted octanol–water partition coefficient (Wildman–Crippen LogP) is 5.27. The maximum atomic E-state index is 5.64. The van der Waals surface area contributed by atoms with Gasteiger partial charge in [-0.05, 0) is 47.2 Å². The van der Waals surface area contributed by atoms with Crippen LogP contribution in [0.2, 0.25) is 0 Å². The number of methoxy groups -OCH3 is 1. The van der Waals surface area contributed by atoms with Crippen LogP contribution in [-0.2, 0) is 0 Å². The summed E-state index contributed by atoms with van der Waals surface area (Å²) in [5, 5.41) is 7.04. The number of thiazole rings is 1. The SMILES string of the molecule is CCOc1cc(C=NNc2nc(-c3ccccc3)cs2)cc(I)c1OC. The fourth-order valence-electron chi connectivity index (χ4n) is 2.35. The van der Waals surface area contributed by atoms with Crippen LogP contribution in [0.15, 0.2) is 52.9 Å². The highest BCUT2D eigenvalue weighted by molar-refractivity contribution is 14.1. The molecule has 0 atom stereocenters. The first kappa shape index (κ1) is 18.7. The number of aromatic nitrogens is 1. The summed E-state index contributed by atoms with van der Waals surface area (Å²) in [5.41, 5.74) is 5.93. The third-order valence-electron chi connectivity index (χ3n) is 3.48. The van der Waals surface area contributed by atoms with Gasteiger partial charge < -0.3 is 9.47 Å². The summed E-state index contributed by atoms with van der Waals surface area (Å²) in [5.74, 6) is 1.45. The molecule has 0 spiro atoms. The van der Waals surface area contributed by atoms with Crippen molar-refractivity contribution in [3.05, 3.63) is 57.0 Å². The minimum atomic E-state index is 0.576. The van der Waals surface area contributed by atoms with Gasteiger partial charge in [-0.15, -0.1) is 11.3 Å². The monoisotopic (exact) mass is 479 g/mol. The van der Waals surface area contributed by atoms with E-state index in [0.717, 1.165) is 31.3 Å². The van der Waals surface area contributed by atoms with Crippen LogP contribution in [-0.4, -0.2) is 24.9 Å². The van der Waals surface area contributed by atoms with Crippen molar-refractivity contribution in [2.75, 3.05) is 19.1 Å². The minimum Gasteiger partial charge on any atom is -0.492 e. The van der Waals surface area contributed by atoms with Crippen LogP contribution in [0.5, 0.6) is 11.5 Å². The van der Waals surface area contributed by atoms with Crippen LogP contribution in [0, 0.1) is 3.57 Å². The van der Waals surface area contributed by atoms with E-state index in [9.17, 15) is 0 Å². The van der Waals surface area contributed by atoms with Gasteiger partial charge in [-0.2, -0.15) is 5.10 Å². The molecule has 0 unspecified atom stereocenters. The number of nitrogens with one attached hydrogen (secondary N) is 1. The number of rotatable bonds is 7. The molecule has 134 valence electrons. The normalized spacial score (nSPS) is 10.9. The predicted molar refractivity (Wildman–Crippen MR) is 116 cm³/mol. The summed E-state index contributed by atoms with van der Waals surface area (Å²) in [6.45, 7) is 2.52. The first-order chi connectivity index (χ1) is 12.7. The highest BCUT2D eigenvalue weighted by Gasteiger charge is 2.10. The van der Waals surface area contributed by atoms with Crippen LogP contribution in [0.3, 0.4) is 0 Å². The molecule has 1 aromatic heterocycles. The largest absolute Gasteiger partial charge is 0.492 e. The zero-order valence-electron chi connectivity index (χ0n) is 14.4. The van der Waals surface area contributed by atoms with E-state index >= 15 is 0 Å². The maximum absolute atomic E-state index is 5.64. The first-order valence-electron chi connectivity index (χ1n) is 8.01. The van der Waals surface area contributed by atoms with Crippen molar-refractivity contribution in [2.45, 2.75) is 6.92 Å². The van der Waals surface area contributed by atoms with Gasteiger partial charge in [0, 0.05) is 10.9 Å². The molecule has 1 N–H and O–H groups in total. The summed E-state index contributed by atoms with van der Waals surface area (Å²) < 4.78 is 12.0. The average molecular weight is 479 g/mol. The second-order valence-corrected chi connectivity index (χ2v) is 7.26. The van der Waals surface area contributed by atoms with E-state index in [2.05, 4.69) is 38.1 Å². The zero-order valence-corrected chi connectivity index (χ0v) is 17.4. The van der Waals surface area contributed by atoms with Gasteiger partial charge in [0.05, 0.1) is 29.2 Å². The lowest BCUT2D eigenvalue weighted by Crippen LogP contribution is -1.99. The van der Waals surface area contributed by atoms with Gasteiger partial charge in [-0.3, -0.25) is 5.43 Å². The van der Waals surface area contributed by atoms with Crippen LogP contribution >= 0.6 is 33.9 Å². The Balaban J connectivity index is 1.72. The standard InChI is InChI=1S/C19H18IN3O2S/c1-3-25-17-10-13(9-15(20)18(17)24-2)11-21-23-19-22-16(12-26-19)14-7-5-4-6-8-14/h4-12H,3H2,1-2H3,(H,22,23). The molecule has 7 heteroatoms. The number of nitrogens with zero attached hydrogens (tertiary/aromatic N) is 2. The van der Waals surface area contributed by atoms with Crippen molar-refractivity contribution in [3.63, 3.8) is 0 Å². The lowest BCUT2D eigenvalue weighted by Gasteiger charge is -2.11. The summed E-state index contributed by atoms with van der Waals surface area (Å²) >= 11 is 3.74. The van der Waals surface area contributed by atoms with Gasteiger partial charge in [0.1, 0.15) is 0 Å². The van der Waals surface area contributed by atoms with Crippen molar-refractivity contribution >= 4 is 45.3 Å². The summed E-state index contributed by atoms with van der Waals surface area (Å²) in [4.78, 5) is 4.55. The van der Waals surface area contributed by atoms with Crippen LogP contribution in [0.1, 0.15) is 12.5 Å². The van der Waals surface area contributed by atoms with Crippen LogP contribution in [0.4, 0.5) is 5.13 Å². The number of benzene rings is 2. The van der Waals surface area contributed by atoms with Gasteiger partial charge in [-0.25, -0.2) is 4.98 Å². The Kier molecular flexibility index (Phi) is 6.45. The Labute approximate surface area is 170 Å². The fourth-order valence-corrected chi connectivity index (χ4v) is 3.87. The molecule has 0 fully saturated rings. The molecule has 3 rings (SSSR count). The molecule has 0 amide bonds. The van der Waals surface area contributed by atoms with E-state index < -0.39 is 0 Å². The molecular weight excluding hydrogens is 461 g/mol. The fraction of sp³-hybridized carbons (Fsp3) is 0.158. The maximum Gasteiger partial charge on any atom is 0.203 e. The number of anilines is 1. The van der Waals surface area contributed by atoms with E-state index in [4.69, 9.17) is 9.47 Å². The number of hydrogen-bond donors (Lipinski definition) is 1. The second-order valence-electron chi connectivity index (χ2n) is 5.24. The van der Waals surface area contributed by atoms with E-state index in [-0.39, 0.29) is 0 Å². The van der Waals surface area contributed by atoms with Crippen molar-refractivity contribution in [1.82, 2.24) is 4.98 Å². The van der Waals surface area contributed by atoms with Gasteiger partial charge in [0.2, 0.25) is 5.13 Å². The van der Waals surface area contributed by atoms with E-state index in [0.29, 0.717) is 12.4 Å². The quantitative estimate of drug-likeness (QED) is 0.285. The number of ether oxygens (including phenoxy) is 2. The van der Waals surface area contributed by atoms with Crippen LogP contribution in [0.25, 0.3) is 11.3 Å². The lowest BCUT2D eigenvalue weighted by atomic mass is 10.2. The van der Waals surface area contributed by atoms with Gasteiger partial charge >= 0.3 is 0 Å². The molecule has 0 aliphatic heterocycles. The third-order valence-corrected chi connectivity index (χ3v) is 5.03. The van der Waals surface area contributed by atoms with E-state index in [1.165, 1.54) is 11.3 Å². The lowest BCUT2D eigenvalue weighted by molar-refractivity contribution is 0.309. The van der Waals surface area contributed by atoms with Gasteiger partial charge in [-0.1, -0.05) is 30.3 Å². The van der Waals surface area contributed by atoms with Gasteiger partial charge in [0.25, 0.3) is 0 Å². The molecule has 1 heterocycles. The molecule has 0 radical (unpaired) electrons. The Morgan fingerprint density at radius 1 is 1.27 bits per heavy atom. The Hall–Kier alpha value is -2.13. The summed E-state index contributed by atoms with van der Waals surface area (Å²) in [6, 6.07) is 14.0. The van der Waals surface area contributed by atoms with Crippen molar-refractivity contribution < 1.29 is 9.47 Å². The molecule has 2 aromatic carbocycles. The topological polar surface area (TPSA) is 55.7 Å². The molecule has 0 aliphatic rings. The third kappa shape index (κ3) is 4.53. The Morgan fingerprint density at radius 2 is 2.08 bits per heavy atom. The molecule has 0 saturated carbocycles. The average Bonchev–Trinajstić information content (AvgIpc) is 3.12. The minimum absolute atomic E-state index is 0.576.